The highest BCUT2D eigenvalue weighted by atomic mass is 16.3. The molecule has 4 nitrogen and oxygen atoms in total. The summed E-state index contributed by atoms with van der Waals surface area (Å²) in [5.74, 6) is 0. The smallest absolute Gasteiger partial charge is 0.160 e. The summed E-state index contributed by atoms with van der Waals surface area (Å²) >= 11 is 0. The number of fused-ring (bicyclic) bond motifs is 14. The van der Waals surface area contributed by atoms with Crippen LogP contribution in [-0.4, -0.2) is 4.40 Å². The molecule has 0 radical (unpaired) electrons. The van der Waals surface area contributed by atoms with Crippen LogP contribution in [0.15, 0.2) is 136 Å². The summed E-state index contributed by atoms with van der Waals surface area (Å²) in [7, 11) is 0. The van der Waals surface area contributed by atoms with Gasteiger partial charge in [0.2, 0.25) is 0 Å². The summed E-state index contributed by atoms with van der Waals surface area (Å²) in [5.41, 5.74) is 12.8. The number of hydrogen-bond donors (Lipinski definition) is 0. The predicted molar refractivity (Wildman–Crippen MR) is 196 cm³/mol. The van der Waals surface area contributed by atoms with Gasteiger partial charge in [-0.2, -0.15) is 5.26 Å². The molecule has 0 aliphatic carbocycles. The largest absolute Gasteiger partial charge is 0.454 e. The average Bonchev–Trinajstić information content (AvgIpc) is 3.87. The Hall–Kier alpha value is -6.57. The molecule has 0 fully saturated rings. The van der Waals surface area contributed by atoms with Gasteiger partial charge in [-0.15, -0.1) is 0 Å². The van der Waals surface area contributed by atoms with Crippen LogP contribution in [0.25, 0.3) is 104 Å². The van der Waals surface area contributed by atoms with Crippen molar-refractivity contribution in [3.63, 3.8) is 0 Å². The fourth-order valence-corrected chi connectivity index (χ4v) is 8.12. The van der Waals surface area contributed by atoms with Crippen molar-refractivity contribution < 1.29 is 8.83 Å². The van der Waals surface area contributed by atoms with Gasteiger partial charge in [0, 0.05) is 43.1 Å². The molecule has 4 heteroatoms. The first-order valence-electron chi connectivity index (χ1n) is 16.2. The molecule has 7 aromatic carbocycles. The molecule has 0 aliphatic heterocycles. The molecule has 4 heterocycles. The summed E-state index contributed by atoms with van der Waals surface area (Å²) in [6.07, 6.45) is 0. The predicted octanol–water partition coefficient (Wildman–Crippen LogP) is 12.1. The van der Waals surface area contributed by atoms with Crippen LogP contribution < -0.4 is 0 Å². The summed E-state index contributed by atoms with van der Waals surface area (Å²) in [6, 6.07) is 46.9. The minimum Gasteiger partial charge on any atom is -0.454 e. The van der Waals surface area contributed by atoms with E-state index in [1.807, 2.05) is 36.4 Å². The number of aromatic nitrogens is 1. The Bertz CT molecular complexity index is 3040. The van der Waals surface area contributed by atoms with Gasteiger partial charge >= 0.3 is 0 Å². The molecule has 0 amide bonds. The molecule has 11 aromatic rings. The van der Waals surface area contributed by atoms with Crippen molar-refractivity contribution in [2.24, 2.45) is 0 Å². The minimum absolute atomic E-state index is 0.633. The first-order chi connectivity index (χ1) is 23.7. The number of nitriles is 1. The van der Waals surface area contributed by atoms with Gasteiger partial charge in [0.1, 0.15) is 11.2 Å². The lowest BCUT2D eigenvalue weighted by atomic mass is 9.90. The number of para-hydroxylation sites is 2. The monoisotopic (exact) mass is 612 g/mol. The van der Waals surface area contributed by atoms with Crippen molar-refractivity contribution in [2.45, 2.75) is 6.92 Å². The SMILES string of the molecule is Cc1cccc(-c2ccc(C#N)cc2-c2cc3c4ccc5c6ccccc6oc5c4n4c3c(c2)c2ccc3c5ccccc5oc3c24)c1. The molecule has 0 unspecified atom stereocenters. The van der Waals surface area contributed by atoms with Crippen LogP contribution in [0.5, 0.6) is 0 Å². The number of furan rings is 2. The number of rotatable bonds is 2. The molecule has 0 N–H and O–H groups in total. The molecule has 4 aromatic heterocycles. The van der Waals surface area contributed by atoms with E-state index in [2.05, 4.69) is 108 Å². The Morgan fingerprint density at radius 3 is 1.69 bits per heavy atom. The van der Waals surface area contributed by atoms with E-state index in [-0.39, 0.29) is 0 Å². The molecule has 48 heavy (non-hydrogen) atoms. The highest BCUT2D eigenvalue weighted by Gasteiger charge is 2.25. The Kier molecular flexibility index (Phi) is 4.82. The molecule has 11 rings (SSSR count). The number of aryl methyl sites for hydroxylation is 1. The van der Waals surface area contributed by atoms with E-state index >= 15 is 0 Å². The number of hydrogen-bond acceptors (Lipinski definition) is 3. The Balaban J connectivity index is 1.36. The highest BCUT2D eigenvalue weighted by molar-refractivity contribution is 6.32. The van der Waals surface area contributed by atoms with Gasteiger partial charge in [0.25, 0.3) is 0 Å². The zero-order valence-electron chi connectivity index (χ0n) is 25.8. The van der Waals surface area contributed by atoms with Crippen LogP contribution >= 0.6 is 0 Å². The van der Waals surface area contributed by atoms with Crippen molar-refractivity contribution >= 4 is 82.0 Å². The van der Waals surface area contributed by atoms with E-state index in [9.17, 15) is 5.26 Å². The number of nitrogens with zero attached hydrogens (tertiary/aromatic N) is 2. The second-order valence-corrected chi connectivity index (χ2v) is 12.9. The minimum atomic E-state index is 0.633. The molecule has 222 valence electrons. The van der Waals surface area contributed by atoms with Crippen LogP contribution in [-0.2, 0) is 0 Å². The van der Waals surface area contributed by atoms with Gasteiger partial charge in [0.05, 0.1) is 28.2 Å². The van der Waals surface area contributed by atoms with Crippen LogP contribution in [0.2, 0.25) is 0 Å². The third kappa shape index (κ3) is 3.22. The molecule has 0 saturated heterocycles. The summed E-state index contributed by atoms with van der Waals surface area (Å²) in [6.45, 7) is 2.11. The lowest BCUT2D eigenvalue weighted by Gasteiger charge is -2.12. The fourth-order valence-electron chi connectivity index (χ4n) is 8.12. The van der Waals surface area contributed by atoms with Crippen LogP contribution in [0, 0.1) is 18.3 Å². The molecular formula is C44H24N2O2. The molecular weight excluding hydrogens is 588 g/mol. The van der Waals surface area contributed by atoms with Crippen LogP contribution in [0.4, 0.5) is 0 Å². The Morgan fingerprint density at radius 1 is 0.479 bits per heavy atom. The van der Waals surface area contributed by atoms with E-state index in [4.69, 9.17) is 8.83 Å². The summed E-state index contributed by atoms with van der Waals surface area (Å²) < 4.78 is 15.8. The van der Waals surface area contributed by atoms with Gasteiger partial charge in [-0.25, -0.2) is 0 Å². The molecule has 0 saturated carbocycles. The van der Waals surface area contributed by atoms with Crippen LogP contribution in [0.3, 0.4) is 0 Å². The summed E-state index contributed by atoms with van der Waals surface area (Å²) in [4.78, 5) is 0. The van der Waals surface area contributed by atoms with Gasteiger partial charge in [-0.3, -0.25) is 0 Å². The lowest BCUT2D eigenvalue weighted by Crippen LogP contribution is -1.88. The van der Waals surface area contributed by atoms with Gasteiger partial charge < -0.3 is 13.2 Å². The zero-order chi connectivity index (χ0) is 31.7. The Morgan fingerprint density at radius 2 is 1.08 bits per heavy atom. The highest BCUT2D eigenvalue weighted by Crippen LogP contribution is 2.48. The van der Waals surface area contributed by atoms with Crippen molar-refractivity contribution in [2.75, 3.05) is 0 Å². The third-order valence-electron chi connectivity index (χ3n) is 10.2. The maximum absolute atomic E-state index is 9.98. The first-order valence-corrected chi connectivity index (χ1v) is 16.2. The van der Waals surface area contributed by atoms with Gasteiger partial charge in [-0.05, 0) is 77.7 Å². The normalized spacial score (nSPS) is 12.2. The van der Waals surface area contributed by atoms with Crippen molar-refractivity contribution in [3.8, 4) is 28.3 Å². The van der Waals surface area contributed by atoms with E-state index < -0.39 is 0 Å². The van der Waals surface area contributed by atoms with E-state index in [1.165, 1.54) is 5.56 Å². The Labute approximate surface area is 273 Å². The van der Waals surface area contributed by atoms with E-state index in [0.717, 1.165) is 104 Å². The van der Waals surface area contributed by atoms with Crippen molar-refractivity contribution in [1.29, 1.82) is 5.26 Å². The lowest BCUT2D eigenvalue weighted by molar-refractivity contribution is 0.670. The zero-order valence-corrected chi connectivity index (χ0v) is 25.8. The number of benzene rings is 7. The standard InChI is InChI=1S/C44H24N2O2/c1-24-7-6-8-26(19-24)28-14-13-25(23-45)20-35(28)27-21-36-31-15-17-33-29-9-2-4-11-38(29)47-43(33)41(31)46-40(36)37(22-27)32-16-18-34-30-10-3-5-12-39(30)48-44(34)42(32)46/h2-22H,1H3. The average molecular weight is 613 g/mol. The maximum Gasteiger partial charge on any atom is 0.160 e. The van der Waals surface area contributed by atoms with E-state index in [0.29, 0.717) is 5.56 Å². The van der Waals surface area contributed by atoms with Gasteiger partial charge in [-0.1, -0.05) is 84.4 Å². The second kappa shape index (κ2) is 9.03. The summed E-state index contributed by atoms with van der Waals surface area (Å²) in [5, 5.41) is 18.9. The quantitative estimate of drug-likeness (QED) is 0.195. The van der Waals surface area contributed by atoms with Gasteiger partial charge in [0.15, 0.2) is 11.2 Å². The maximum atomic E-state index is 9.98. The fraction of sp³-hybridized carbons (Fsp3) is 0.0227. The van der Waals surface area contributed by atoms with Crippen molar-refractivity contribution in [3.05, 3.63) is 139 Å². The van der Waals surface area contributed by atoms with Crippen LogP contribution in [0.1, 0.15) is 11.1 Å². The first kappa shape index (κ1) is 25.6. The molecule has 0 atom stereocenters. The van der Waals surface area contributed by atoms with Crippen molar-refractivity contribution in [1.82, 2.24) is 4.40 Å². The topological polar surface area (TPSA) is 54.5 Å². The molecule has 0 aliphatic rings. The second-order valence-electron chi connectivity index (χ2n) is 12.9. The molecule has 0 spiro atoms. The molecule has 0 bridgehead atoms. The van der Waals surface area contributed by atoms with E-state index in [1.54, 1.807) is 0 Å². The third-order valence-corrected chi connectivity index (χ3v) is 10.2.